The van der Waals surface area contributed by atoms with Crippen LogP contribution in [0.15, 0.2) is 446 Å². The number of rotatable bonds is 0. The van der Waals surface area contributed by atoms with Crippen LogP contribution in [0.5, 0.6) is 0 Å². The van der Waals surface area contributed by atoms with Crippen molar-refractivity contribution in [3.05, 3.63) is 451 Å². The third-order valence-corrected chi connectivity index (χ3v) is 14.5. The van der Waals surface area contributed by atoms with Gasteiger partial charge < -0.3 is 0 Å². The monoisotopic (exact) mass is 1700 g/mol. The highest BCUT2D eigenvalue weighted by atomic mass is 14.7. The summed E-state index contributed by atoms with van der Waals surface area (Å²) in [6.45, 7) is 46.0. The number of hydrogen-bond acceptors (Lipinski definition) is 14. The van der Waals surface area contributed by atoms with E-state index in [-0.39, 0.29) is 0 Å². The molecule has 664 valence electrons. The Morgan fingerprint density at radius 2 is 0.315 bits per heavy atom. The van der Waals surface area contributed by atoms with Gasteiger partial charge in [-0.15, -0.1) is 0 Å². The molecule has 0 fully saturated rings. The summed E-state index contributed by atoms with van der Waals surface area (Å²) in [6, 6.07) is 101. The minimum Gasteiger partial charge on any atom is -0.265 e. The lowest BCUT2D eigenvalue weighted by Crippen LogP contribution is -1.83. The maximum absolute atomic E-state index is 4.35. The first-order valence-corrected chi connectivity index (χ1v) is 44.6. The minimum atomic E-state index is 0.977. The van der Waals surface area contributed by atoms with E-state index in [1.807, 2.05) is 409 Å². The first kappa shape index (κ1) is 117. The van der Waals surface area contributed by atoms with Crippen molar-refractivity contribution in [2.24, 2.45) is 0 Å². The Kier molecular flexibility index (Phi) is 82.0. The zero-order chi connectivity index (χ0) is 94.3. The Morgan fingerprint density at radius 1 is 0.126 bits per heavy atom. The summed E-state index contributed by atoms with van der Waals surface area (Å²) in [4.78, 5) is 56.5. The van der Waals surface area contributed by atoms with Gasteiger partial charge in [-0.2, -0.15) is 0 Å². The molecule has 0 radical (unpaired) electrons. The molecule has 6 aromatic carbocycles. The first-order chi connectivity index (χ1) is 63.2. The zero-order valence-electron chi connectivity index (χ0n) is 79.9. The van der Waals surface area contributed by atoms with Gasteiger partial charge in [0.1, 0.15) is 0 Å². The molecule has 14 heteroatoms. The number of para-hydroxylation sites is 2. The van der Waals surface area contributed by atoms with Crippen molar-refractivity contribution in [3.8, 4) is 0 Å². The van der Waals surface area contributed by atoms with E-state index in [2.05, 4.69) is 167 Å². The normalized spacial score (nSPS) is 8.43. The van der Waals surface area contributed by atoms with E-state index in [1.165, 1.54) is 37.9 Å². The van der Waals surface area contributed by atoms with Gasteiger partial charge in [0.25, 0.3) is 0 Å². The molecule has 0 aliphatic carbocycles. The Balaban J connectivity index is -0.00000131. The van der Waals surface area contributed by atoms with Crippen LogP contribution in [0.1, 0.15) is 158 Å². The van der Waals surface area contributed by atoms with Crippen molar-refractivity contribution in [2.45, 2.75) is 159 Å². The van der Waals surface area contributed by atoms with Crippen LogP contribution in [-0.2, 0) is 0 Å². The van der Waals surface area contributed by atoms with Crippen LogP contribution in [0.25, 0.3) is 87.0 Å². The lowest BCUT2D eigenvalue weighted by atomic mass is 10.1. The second-order valence-electron chi connectivity index (χ2n) is 21.9. The standard InChI is InChI=1S/2C12H8N2.4C9H7N.C6H7N.5C5H5N.11C2H6/c2*1-3-9-5-6-10-4-2-8-14-12(10)11(9)13-7-1;2*1-2-6-9-8(4-1)5-3-7-10-9;2*1-2-4-9-7-10-6-5-8(9)3-1;1-6-2-4-7-5-3-6;5*1-2-4-6-5-3-1;11*1-2/h2*1-8H;4*1-7H;2-5H,1H3;5*1-5H;11*1-2H3. The fourth-order valence-electron chi connectivity index (χ4n) is 9.43. The third kappa shape index (κ3) is 53.9. The molecule has 0 bridgehead atoms. The van der Waals surface area contributed by atoms with Gasteiger partial charge in [-0.05, 0) is 167 Å². The SMILES string of the molecule is CC.CC.CC.CC.CC.CC.CC.CC.CC.CC.CC.Cc1ccncc1.c1ccc2cnccc2c1.c1ccc2cnccc2c1.c1ccc2ncccc2c1.c1ccc2ncccc2c1.c1ccncc1.c1ccncc1.c1ccncc1.c1ccncc1.c1ccncc1.c1cnc2c(c1)ccc1cccnc12.c1cnc2c(c1)ccc1cccnc12. The van der Waals surface area contributed by atoms with Gasteiger partial charge in [0, 0.05) is 169 Å². The summed E-state index contributed by atoms with van der Waals surface area (Å²) in [7, 11) is 0. The second kappa shape index (κ2) is 89.3. The molecule has 0 N–H and O–H groups in total. The predicted octanol–water partition coefficient (Wildman–Crippen LogP) is 32.6. The van der Waals surface area contributed by atoms with E-state index in [0.29, 0.717) is 0 Å². The highest BCUT2D eigenvalue weighted by molar-refractivity contribution is 6.03. The number of aryl methyl sites for hydroxylation is 1. The summed E-state index contributed by atoms with van der Waals surface area (Å²) in [5, 5.41) is 11.8. The highest BCUT2D eigenvalue weighted by Crippen LogP contribution is 2.22. The van der Waals surface area contributed by atoms with Crippen LogP contribution >= 0.6 is 0 Å². The molecule has 14 nitrogen and oxygen atoms in total. The largest absolute Gasteiger partial charge is 0.265 e. The minimum absolute atomic E-state index is 0.977. The fourth-order valence-corrected chi connectivity index (χ4v) is 9.43. The molecule has 0 atom stereocenters. The molecule has 0 saturated carbocycles. The Bertz CT molecular complexity index is 4530. The summed E-state index contributed by atoms with van der Waals surface area (Å²) >= 11 is 0. The van der Waals surface area contributed by atoms with Crippen LogP contribution < -0.4 is 0 Å². The summed E-state index contributed by atoms with van der Waals surface area (Å²) in [5.41, 5.74) is 7.29. The average molecular weight is 1700 g/mol. The van der Waals surface area contributed by atoms with Crippen LogP contribution in [-0.4, -0.2) is 69.8 Å². The van der Waals surface area contributed by atoms with E-state index in [1.54, 1.807) is 99.1 Å². The van der Waals surface area contributed by atoms with Gasteiger partial charge in [-0.25, -0.2) is 0 Å². The predicted molar refractivity (Wildman–Crippen MR) is 556 cm³/mol. The number of aromatic nitrogens is 14. The topological polar surface area (TPSA) is 180 Å². The molecular weight excluding hydrogens is 1550 g/mol. The number of pyridine rings is 14. The third-order valence-electron chi connectivity index (χ3n) is 14.5. The van der Waals surface area contributed by atoms with E-state index < -0.39 is 0 Å². The smallest absolute Gasteiger partial charge is 0.0964 e. The highest BCUT2D eigenvalue weighted by Gasteiger charge is 2.02. The van der Waals surface area contributed by atoms with E-state index >= 15 is 0 Å². The molecule has 0 amide bonds. The number of nitrogens with zero attached hydrogens (tertiary/aromatic N) is 14. The van der Waals surface area contributed by atoms with E-state index in [4.69, 9.17) is 0 Å². The quantitative estimate of drug-likeness (QED) is 0.131. The van der Waals surface area contributed by atoms with Crippen LogP contribution in [0.3, 0.4) is 0 Å². The molecule has 14 heterocycles. The van der Waals surface area contributed by atoms with E-state index in [0.717, 1.165) is 54.6 Å². The van der Waals surface area contributed by atoms with Crippen molar-refractivity contribution in [2.75, 3.05) is 0 Å². The van der Waals surface area contributed by atoms with Crippen LogP contribution in [0, 0.1) is 6.92 Å². The van der Waals surface area contributed by atoms with Gasteiger partial charge in [-0.1, -0.05) is 328 Å². The van der Waals surface area contributed by atoms with E-state index in [9.17, 15) is 0 Å². The van der Waals surface area contributed by atoms with Gasteiger partial charge >= 0.3 is 0 Å². The number of benzene rings is 6. The summed E-state index contributed by atoms with van der Waals surface area (Å²) in [6.07, 6.45) is 39.3. The lowest BCUT2D eigenvalue weighted by molar-refractivity contribution is 1.29. The van der Waals surface area contributed by atoms with Crippen LogP contribution in [0.4, 0.5) is 0 Å². The Morgan fingerprint density at radius 3 is 0.512 bits per heavy atom. The zero-order valence-corrected chi connectivity index (χ0v) is 79.9. The van der Waals surface area contributed by atoms with Crippen molar-refractivity contribution in [3.63, 3.8) is 0 Å². The Hall–Kier alpha value is -14.5. The maximum atomic E-state index is 4.35. The van der Waals surface area contributed by atoms with Crippen molar-refractivity contribution < 1.29 is 0 Å². The van der Waals surface area contributed by atoms with Gasteiger partial charge in [-0.3, -0.25) is 69.8 Å². The number of hydrogen-bond donors (Lipinski definition) is 0. The van der Waals surface area contributed by atoms with Gasteiger partial charge in [0.15, 0.2) is 0 Å². The molecular formula is C113H142N14. The fraction of sp³-hybridized carbons (Fsp3) is 0.204. The summed E-state index contributed by atoms with van der Waals surface area (Å²) in [5.74, 6) is 0. The molecule has 20 rings (SSSR count). The molecule has 20 aromatic rings. The number of fused-ring (bicyclic) bond motifs is 10. The first-order valence-electron chi connectivity index (χ1n) is 44.6. The van der Waals surface area contributed by atoms with Gasteiger partial charge in [0.05, 0.1) is 33.1 Å². The maximum Gasteiger partial charge on any atom is 0.0964 e. The lowest BCUT2D eigenvalue weighted by Gasteiger charge is -2.00. The molecule has 127 heavy (non-hydrogen) atoms. The van der Waals surface area contributed by atoms with Crippen molar-refractivity contribution >= 4 is 87.0 Å². The van der Waals surface area contributed by atoms with Crippen LogP contribution in [0.2, 0.25) is 0 Å². The molecule has 14 aromatic heterocycles. The second-order valence-corrected chi connectivity index (χ2v) is 21.9. The van der Waals surface area contributed by atoms with Gasteiger partial charge in [0.2, 0.25) is 0 Å². The van der Waals surface area contributed by atoms with Crippen molar-refractivity contribution in [1.82, 2.24) is 69.8 Å². The molecule has 0 aliphatic rings. The molecule has 0 saturated heterocycles. The average Bonchev–Trinajstić information content (AvgIpc) is 0.800. The molecule has 0 spiro atoms. The molecule has 0 aliphatic heterocycles. The molecule has 0 unspecified atom stereocenters. The Labute approximate surface area is 762 Å². The summed E-state index contributed by atoms with van der Waals surface area (Å²) < 4.78 is 0. The van der Waals surface area contributed by atoms with Crippen molar-refractivity contribution in [1.29, 1.82) is 0 Å².